The molecule has 44 heavy (non-hydrogen) atoms. The number of carbonyl (C=O) groups excluding carboxylic acids is 6. The Morgan fingerprint density at radius 1 is 0.750 bits per heavy atom. The molecule has 0 aromatic carbocycles. The molecule has 0 aromatic heterocycles. The summed E-state index contributed by atoms with van der Waals surface area (Å²) in [5.41, 5.74) is 6.20. The maximum atomic E-state index is 13.3. The van der Waals surface area contributed by atoms with Crippen LogP contribution in [0.1, 0.15) is 52.4 Å². The number of hydrazine groups is 3. The van der Waals surface area contributed by atoms with E-state index in [4.69, 9.17) is 9.47 Å². The molecule has 0 spiro atoms. The van der Waals surface area contributed by atoms with Crippen molar-refractivity contribution in [1.29, 1.82) is 0 Å². The second kappa shape index (κ2) is 15.1. The van der Waals surface area contributed by atoms with E-state index >= 15 is 0 Å². The second-order valence-corrected chi connectivity index (χ2v) is 10.3. The molecule has 2 atom stereocenters. The predicted molar refractivity (Wildman–Crippen MR) is 155 cm³/mol. The van der Waals surface area contributed by atoms with Gasteiger partial charge in [-0.3, -0.25) is 19.6 Å². The highest BCUT2D eigenvalue weighted by Crippen LogP contribution is 2.27. The lowest BCUT2D eigenvalue weighted by molar-refractivity contribution is -0.152. The molecule has 4 aliphatic heterocycles. The van der Waals surface area contributed by atoms with Crippen molar-refractivity contribution in [2.45, 2.75) is 64.5 Å². The van der Waals surface area contributed by atoms with E-state index in [9.17, 15) is 28.8 Å². The summed E-state index contributed by atoms with van der Waals surface area (Å²) in [5, 5.41) is 2.95. The van der Waals surface area contributed by atoms with E-state index < -0.39 is 35.8 Å². The first-order chi connectivity index (χ1) is 21.3. The van der Waals surface area contributed by atoms with Crippen molar-refractivity contribution >= 4 is 35.6 Å². The van der Waals surface area contributed by atoms with Crippen molar-refractivity contribution in [2.75, 3.05) is 26.3 Å². The lowest BCUT2D eigenvalue weighted by atomic mass is 10.0. The summed E-state index contributed by atoms with van der Waals surface area (Å²) in [6.07, 6.45) is 12.6. The molecule has 14 heteroatoms. The van der Waals surface area contributed by atoms with E-state index in [1.807, 2.05) is 0 Å². The van der Waals surface area contributed by atoms with Gasteiger partial charge in [-0.25, -0.2) is 19.2 Å². The number of allylic oxidation sites excluding steroid dienone is 2. The summed E-state index contributed by atoms with van der Waals surface area (Å²) < 4.78 is 10.2. The lowest BCUT2D eigenvalue weighted by Gasteiger charge is -2.29. The zero-order valence-corrected chi connectivity index (χ0v) is 24.7. The van der Waals surface area contributed by atoms with E-state index in [0.717, 1.165) is 0 Å². The third-order valence-electron chi connectivity index (χ3n) is 7.52. The van der Waals surface area contributed by atoms with Crippen LogP contribution in [0.5, 0.6) is 0 Å². The molecule has 0 radical (unpaired) electrons. The Morgan fingerprint density at radius 2 is 1.16 bits per heavy atom. The number of nitrogens with zero attached hydrogens (tertiary/aromatic N) is 4. The zero-order chi connectivity index (χ0) is 31.6. The number of carbonyl (C=O) groups is 4. The summed E-state index contributed by atoms with van der Waals surface area (Å²) in [6, 6.07) is -1.49. The van der Waals surface area contributed by atoms with Gasteiger partial charge in [0.1, 0.15) is 35.1 Å². The highest BCUT2D eigenvalue weighted by atomic mass is 16.5. The Kier molecular flexibility index (Phi) is 11.1. The maximum Gasteiger partial charge on any atom is 0.328 e. The van der Waals surface area contributed by atoms with Crippen LogP contribution in [0.25, 0.3) is 0 Å². The molecule has 234 valence electrons. The van der Waals surface area contributed by atoms with Crippen LogP contribution in [0.3, 0.4) is 0 Å². The summed E-state index contributed by atoms with van der Waals surface area (Å²) in [7, 11) is 0. The molecular formula is C30H36N6O8. The fourth-order valence-corrected chi connectivity index (χ4v) is 5.47. The summed E-state index contributed by atoms with van der Waals surface area (Å²) in [6.45, 7) is 4.42. The van der Waals surface area contributed by atoms with Gasteiger partial charge in [0.05, 0.1) is 13.2 Å². The fourth-order valence-electron chi connectivity index (χ4n) is 5.47. The molecular weight excluding hydrogens is 572 g/mol. The molecule has 2 N–H and O–H groups in total. The Morgan fingerprint density at radius 3 is 1.52 bits per heavy atom. The molecule has 0 aromatic rings. The van der Waals surface area contributed by atoms with Crippen LogP contribution in [-0.4, -0.2) is 93.8 Å². The normalized spacial score (nSPS) is 20.9. The van der Waals surface area contributed by atoms with Crippen LogP contribution in [0, 0.1) is 0 Å². The number of ether oxygens (including phenoxy) is 2. The third-order valence-corrected chi connectivity index (χ3v) is 7.52. The minimum Gasteiger partial charge on any atom is -0.464 e. The van der Waals surface area contributed by atoms with E-state index in [1.54, 1.807) is 62.7 Å². The van der Waals surface area contributed by atoms with Gasteiger partial charge >= 0.3 is 11.9 Å². The minimum absolute atomic E-state index is 0.181. The zero-order valence-electron chi connectivity index (χ0n) is 24.7. The monoisotopic (exact) mass is 608 g/mol. The van der Waals surface area contributed by atoms with Crippen molar-refractivity contribution < 1.29 is 38.2 Å². The van der Waals surface area contributed by atoms with Crippen LogP contribution in [0.2, 0.25) is 0 Å². The quantitative estimate of drug-likeness (QED) is 0.147. The molecule has 4 rings (SSSR count). The van der Waals surface area contributed by atoms with E-state index in [1.165, 1.54) is 19.8 Å². The van der Waals surface area contributed by atoms with Gasteiger partial charge in [-0.15, -0.1) is 11.1 Å². The molecule has 2 saturated heterocycles. The Hall–Kier alpha value is -4.74. The standard InChI is InChI=1S/C30H36N6O8/c1-3-43-29(41)25-11-7-15-35(25)27(39)23(19-37)21-9-5-13-33(17-21)31-32-34-14-6-10-22(18-34)24(20-38)28(40)36-16-8-12-26(36)30(42)44-4-2/h5-6,13-14,17-18,25-26,31-32H,3-4,7-12,15-16H2,1-2H3. The van der Waals surface area contributed by atoms with Crippen molar-refractivity contribution in [3.63, 3.8) is 0 Å². The highest BCUT2D eigenvalue weighted by Gasteiger charge is 2.39. The number of nitrogens with one attached hydrogen (secondary N) is 2. The fraction of sp³-hybridized carbons (Fsp3) is 0.467. The first-order valence-electron chi connectivity index (χ1n) is 14.6. The van der Waals surface area contributed by atoms with Crippen molar-refractivity contribution in [2.24, 2.45) is 0 Å². The first-order valence-corrected chi connectivity index (χ1v) is 14.6. The number of likely N-dealkylation sites (tertiary alicyclic amines) is 2. The van der Waals surface area contributed by atoms with Gasteiger partial charge in [0.25, 0.3) is 11.8 Å². The topological polar surface area (TPSA) is 158 Å². The van der Waals surface area contributed by atoms with Gasteiger partial charge < -0.3 is 19.3 Å². The molecule has 0 aliphatic carbocycles. The van der Waals surface area contributed by atoms with Gasteiger partial charge in [0, 0.05) is 37.9 Å². The van der Waals surface area contributed by atoms with Crippen LogP contribution >= 0.6 is 0 Å². The minimum atomic E-state index is -0.744. The van der Waals surface area contributed by atoms with Crippen molar-refractivity contribution in [3.8, 4) is 0 Å². The van der Waals surface area contributed by atoms with Gasteiger partial charge in [-0.2, -0.15) is 0 Å². The largest absolute Gasteiger partial charge is 0.464 e. The number of amides is 2. The summed E-state index contributed by atoms with van der Waals surface area (Å²) in [5.74, 6) is 1.34. The lowest BCUT2D eigenvalue weighted by Crippen LogP contribution is -2.48. The van der Waals surface area contributed by atoms with Crippen molar-refractivity contribution in [3.05, 3.63) is 59.2 Å². The molecule has 4 aliphatic rings. The van der Waals surface area contributed by atoms with Crippen LogP contribution in [0.15, 0.2) is 59.2 Å². The molecule has 2 unspecified atom stereocenters. The van der Waals surface area contributed by atoms with Crippen LogP contribution < -0.4 is 11.1 Å². The SMILES string of the molecule is CCOC(=O)C1CCCN1C(=O)C(=C=O)C1=CN(NNN2C=CCC(C(=C=O)C(=O)N3CCCC3C(=O)OCC)=C2)C=CC1. The molecule has 0 bridgehead atoms. The molecule has 2 amide bonds. The maximum absolute atomic E-state index is 13.3. The van der Waals surface area contributed by atoms with E-state index in [2.05, 4.69) is 11.1 Å². The molecule has 14 nitrogen and oxygen atoms in total. The molecule has 4 heterocycles. The van der Waals surface area contributed by atoms with Gasteiger partial charge in [0.2, 0.25) is 0 Å². The smallest absolute Gasteiger partial charge is 0.328 e. The average Bonchev–Trinajstić information content (AvgIpc) is 3.72. The van der Waals surface area contributed by atoms with Gasteiger partial charge in [0.15, 0.2) is 0 Å². The third kappa shape index (κ3) is 7.24. The van der Waals surface area contributed by atoms with Crippen LogP contribution in [-0.2, 0) is 38.2 Å². The first kappa shape index (κ1) is 32.2. The number of hydrogen-bond acceptors (Lipinski definition) is 12. The van der Waals surface area contributed by atoms with Gasteiger partial charge in [-0.1, -0.05) is 12.2 Å². The average molecular weight is 609 g/mol. The highest BCUT2D eigenvalue weighted by molar-refractivity contribution is 6.07. The molecule has 2 fully saturated rings. The Bertz CT molecular complexity index is 1280. The van der Waals surface area contributed by atoms with Gasteiger partial charge in [-0.05, 0) is 63.5 Å². The summed E-state index contributed by atoms with van der Waals surface area (Å²) in [4.78, 5) is 77.8. The Labute approximate surface area is 254 Å². The predicted octanol–water partition coefficient (Wildman–Crippen LogP) is 0.741. The van der Waals surface area contributed by atoms with E-state index in [-0.39, 0.29) is 24.4 Å². The molecule has 0 saturated carbocycles. The summed E-state index contributed by atoms with van der Waals surface area (Å²) >= 11 is 0. The second-order valence-electron chi connectivity index (χ2n) is 10.3. The number of rotatable bonds is 11. The number of hydrogen-bond donors (Lipinski definition) is 2. The van der Waals surface area contributed by atoms with E-state index in [0.29, 0.717) is 62.8 Å². The van der Waals surface area contributed by atoms with Crippen LogP contribution in [0.4, 0.5) is 0 Å². The Balaban J connectivity index is 1.40. The van der Waals surface area contributed by atoms with Crippen molar-refractivity contribution in [1.82, 2.24) is 30.9 Å². The number of esters is 2.